The maximum atomic E-state index is 13.2. The van der Waals surface area contributed by atoms with E-state index in [-0.39, 0.29) is 17.3 Å². The molecule has 20 heavy (non-hydrogen) atoms. The van der Waals surface area contributed by atoms with Gasteiger partial charge in [0, 0.05) is 30.9 Å². The first-order valence-corrected chi connectivity index (χ1v) is 5.65. The Morgan fingerprint density at radius 1 is 1.35 bits per heavy atom. The van der Waals surface area contributed by atoms with E-state index >= 15 is 0 Å². The van der Waals surface area contributed by atoms with Gasteiger partial charge in [-0.05, 0) is 13.0 Å². The maximum absolute atomic E-state index is 13.2. The molecule has 1 heterocycles. The van der Waals surface area contributed by atoms with Crippen molar-refractivity contribution in [2.75, 3.05) is 12.4 Å². The summed E-state index contributed by atoms with van der Waals surface area (Å²) >= 11 is 0. The Labute approximate surface area is 113 Å². The molecule has 8 heteroatoms. The van der Waals surface area contributed by atoms with E-state index in [9.17, 15) is 14.5 Å². The molecular formula is C12H11FN4O3. The van der Waals surface area contributed by atoms with Crippen LogP contribution in [-0.2, 0) is 0 Å². The topological polar surface area (TPSA) is 90.2 Å². The highest BCUT2D eigenvalue weighted by atomic mass is 19.1. The van der Waals surface area contributed by atoms with Crippen molar-refractivity contribution in [1.29, 1.82) is 0 Å². The Morgan fingerprint density at radius 3 is 2.75 bits per heavy atom. The smallest absolute Gasteiger partial charge is 0.311 e. The van der Waals surface area contributed by atoms with E-state index in [2.05, 4.69) is 15.3 Å². The zero-order valence-electron chi connectivity index (χ0n) is 10.8. The summed E-state index contributed by atoms with van der Waals surface area (Å²) in [6, 6.07) is 4.47. The number of nitro groups is 1. The number of hydrogen-bond donors (Lipinski definition) is 1. The molecule has 0 saturated carbocycles. The minimum absolute atomic E-state index is 0.0931. The van der Waals surface area contributed by atoms with Crippen LogP contribution in [-0.4, -0.2) is 21.9 Å². The van der Waals surface area contributed by atoms with Crippen LogP contribution in [0.3, 0.4) is 0 Å². The highest BCUT2D eigenvalue weighted by molar-refractivity contribution is 5.48. The predicted molar refractivity (Wildman–Crippen MR) is 69.4 cm³/mol. The summed E-state index contributed by atoms with van der Waals surface area (Å²) in [4.78, 5) is 18.3. The first-order valence-electron chi connectivity index (χ1n) is 5.65. The fourth-order valence-corrected chi connectivity index (χ4v) is 1.54. The number of benzene rings is 1. The van der Waals surface area contributed by atoms with Crippen LogP contribution in [0.4, 0.5) is 16.0 Å². The molecule has 0 aliphatic rings. The van der Waals surface area contributed by atoms with Crippen LogP contribution in [0.1, 0.15) is 5.69 Å². The van der Waals surface area contributed by atoms with Gasteiger partial charge < -0.3 is 10.1 Å². The van der Waals surface area contributed by atoms with Crippen molar-refractivity contribution in [3.05, 3.63) is 45.9 Å². The highest BCUT2D eigenvalue weighted by Gasteiger charge is 2.17. The van der Waals surface area contributed by atoms with Gasteiger partial charge >= 0.3 is 5.69 Å². The summed E-state index contributed by atoms with van der Waals surface area (Å²) in [5.41, 5.74) is 0.270. The lowest BCUT2D eigenvalue weighted by molar-refractivity contribution is -0.385. The van der Waals surface area contributed by atoms with Gasteiger partial charge in [0.1, 0.15) is 5.82 Å². The number of ether oxygens (including phenoxy) is 1. The number of anilines is 1. The minimum atomic E-state index is -0.651. The molecule has 0 radical (unpaired) electrons. The van der Waals surface area contributed by atoms with E-state index in [1.807, 2.05) is 0 Å². The summed E-state index contributed by atoms with van der Waals surface area (Å²) in [5, 5.41) is 13.6. The van der Waals surface area contributed by atoms with Crippen molar-refractivity contribution in [3.63, 3.8) is 0 Å². The van der Waals surface area contributed by atoms with Gasteiger partial charge in [0.2, 0.25) is 17.6 Å². The van der Waals surface area contributed by atoms with E-state index in [0.29, 0.717) is 11.6 Å². The Kier molecular flexibility index (Phi) is 3.74. The van der Waals surface area contributed by atoms with Gasteiger partial charge in [-0.1, -0.05) is 0 Å². The Balaban J connectivity index is 2.41. The van der Waals surface area contributed by atoms with Crippen molar-refractivity contribution in [2.45, 2.75) is 6.92 Å². The molecule has 0 saturated heterocycles. The number of rotatable bonds is 4. The van der Waals surface area contributed by atoms with Crippen LogP contribution in [0.25, 0.3) is 0 Å². The van der Waals surface area contributed by atoms with E-state index < -0.39 is 10.7 Å². The monoisotopic (exact) mass is 278 g/mol. The van der Waals surface area contributed by atoms with E-state index in [1.165, 1.54) is 6.07 Å². The van der Waals surface area contributed by atoms with Gasteiger partial charge in [0.15, 0.2) is 0 Å². The molecule has 0 amide bonds. The summed E-state index contributed by atoms with van der Waals surface area (Å²) in [6.45, 7) is 1.72. The fraction of sp³-hybridized carbons (Fsp3) is 0.167. The van der Waals surface area contributed by atoms with Gasteiger partial charge in [-0.25, -0.2) is 9.37 Å². The van der Waals surface area contributed by atoms with Gasteiger partial charge in [-0.2, -0.15) is 4.98 Å². The molecule has 2 rings (SSSR count). The fourth-order valence-electron chi connectivity index (χ4n) is 1.54. The zero-order valence-corrected chi connectivity index (χ0v) is 10.8. The summed E-state index contributed by atoms with van der Waals surface area (Å²) < 4.78 is 18.5. The molecule has 0 aliphatic carbocycles. The quantitative estimate of drug-likeness (QED) is 0.683. The predicted octanol–water partition coefficient (Wildman–Crippen LogP) is 2.67. The lowest BCUT2D eigenvalue weighted by Gasteiger charge is -2.07. The molecule has 0 atom stereocenters. The highest BCUT2D eigenvalue weighted by Crippen LogP contribution is 2.31. The number of nitrogens with one attached hydrogen (secondary N) is 1. The number of halogens is 1. The molecule has 2 aromatic rings. The van der Waals surface area contributed by atoms with Crippen LogP contribution in [0.2, 0.25) is 0 Å². The molecular weight excluding hydrogens is 267 g/mol. The van der Waals surface area contributed by atoms with Crippen LogP contribution in [0, 0.1) is 22.9 Å². The minimum Gasteiger partial charge on any atom is -0.431 e. The van der Waals surface area contributed by atoms with E-state index in [0.717, 1.165) is 18.2 Å². The second-order valence-corrected chi connectivity index (χ2v) is 3.89. The average molecular weight is 278 g/mol. The van der Waals surface area contributed by atoms with Gasteiger partial charge in [0.25, 0.3) is 0 Å². The standard InChI is InChI=1S/C12H11FN4O3/c1-7-5-11(16-12(14-2)15-7)20-10-6-8(13)3-4-9(10)17(18)19/h3-6H,1-2H3,(H,14,15,16). The maximum Gasteiger partial charge on any atom is 0.311 e. The lowest BCUT2D eigenvalue weighted by atomic mass is 10.3. The van der Waals surface area contributed by atoms with Crippen molar-refractivity contribution in [3.8, 4) is 11.6 Å². The van der Waals surface area contributed by atoms with Crippen LogP contribution in [0.15, 0.2) is 24.3 Å². The molecule has 0 aliphatic heterocycles. The van der Waals surface area contributed by atoms with E-state index in [1.54, 1.807) is 14.0 Å². The third kappa shape index (κ3) is 2.97. The molecule has 104 valence electrons. The Bertz CT molecular complexity index is 663. The van der Waals surface area contributed by atoms with Crippen LogP contribution < -0.4 is 10.1 Å². The largest absolute Gasteiger partial charge is 0.431 e. The van der Waals surface area contributed by atoms with Crippen LogP contribution >= 0.6 is 0 Å². The number of hydrogen-bond acceptors (Lipinski definition) is 6. The molecule has 0 bridgehead atoms. The normalized spacial score (nSPS) is 10.2. The lowest BCUT2D eigenvalue weighted by Crippen LogP contribution is -2.01. The molecule has 0 spiro atoms. The number of nitrogens with zero attached hydrogens (tertiary/aromatic N) is 3. The second-order valence-electron chi connectivity index (χ2n) is 3.89. The van der Waals surface area contributed by atoms with Gasteiger partial charge in [0.05, 0.1) is 4.92 Å². The van der Waals surface area contributed by atoms with E-state index in [4.69, 9.17) is 4.74 Å². The number of nitro benzene ring substituents is 1. The Hall–Kier alpha value is -2.77. The van der Waals surface area contributed by atoms with Crippen molar-refractivity contribution >= 4 is 11.6 Å². The first kappa shape index (κ1) is 13.7. The Morgan fingerprint density at radius 2 is 2.10 bits per heavy atom. The third-order valence-electron chi connectivity index (χ3n) is 2.39. The second kappa shape index (κ2) is 5.47. The average Bonchev–Trinajstić information content (AvgIpc) is 2.37. The number of aryl methyl sites for hydroxylation is 1. The first-order chi connectivity index (χ1) is 9.49. The summed E-state index contributed by atoms with van der Waals surface area (Å²) in [7, 11) is 1.63. The van der Waals surface area contributed by atoms with Crippen molar-refractivity contribution < 1.29 is 14.1 Å². The molecule has 1 aromatic carbocycles. The van der Waals surface area contributed by atoms with Crippen LogP contribution in [0.5, 0.6) is 11.6 Å². The third-order valence-corrected chi connectivity index (χ3v) is 2.39. The van der Waals surface area contributed by atoms with Gasteiger partial charge in [-0.3, -0.25) is 10.1 Å². The molecule has 1 N–H and O–H groups in total. The SMILES string of the molecule is CNc1nc(C)cc(Oc2cc(F)ccc2[N+](=O)[O-])n1. The van der Waals surface area contributed by atoms with Crippen molar-refractivity contribution in [2.24, 2.45) is 0 Å². The number of aromatic nitrogens is 2. The molecule has 1 aromatic heterocycles. The summed E-state index contributed by atoms with van der Waals surface area (Å²) in [5.74, 6) is -0.449. The molecule has 7 nitrogen and oxygen atoms in total. The molecule has 0 unspecified atom stereocenters. The van der Waals surface area contributed by atoms with Gasteiger partial charge in [-0.15, -0.1) is 0 Å². The van der Waals surface area contributed by atoms with Crippen molar-refractivity contribution in [1.82, 2.24) is 9.97 Å². The molecule has 0 fully saturated rings. The zero-order chi connectivity index (χ0) is 14.7. The summed E-state index contributed by atoms with van der Waals surface area (Å²) in [6.07, 6.45) is 0.